The summed E-state index contributed by atoms with van der Waals surface area (Å²) in [6.07, 6.45) is 1.08. The molecular weight excluding hydrogens is 380 g/mol. The zero-order valence-electron chi connectivity index (χ0n) is 11.8. The summed E-state index contributed by atoms with van der Waals surface area (Å²) < 4.78 is 13.3. The first kappa shape index (κ1) is 18.2. The molecule has 2 amide bonds. The summed E-state index contributed by atoms with van der Waals surface area (Å²) in [5, 5.41) is 6.18. The van der Waals surface area contributed by atoms with Crippen LogP contribution in [0.25, 0.3) is 0 Å². The molecular formula is C15H9Cl3FN3O2. The molecule has 0 unspecified atom stereocenters. The monoisotopic (exact) mass is 387 g/mol. The van der Waals surface area contributed by atoms with Crippen molar-refractivity contribution in [3.8, 4) is 0 Å². The number of hydrogen-bond donors (Lipinski definition) is 2. The third kappa shape index (κ3) is 4.67. The highest BCUT2D eigenvalue weighted by molar-refractivity contribution is 6.48. The van der Waals surface area contributed by atoms with Crippen molar-refractivity contribution in [3.05, 3.63) is 62.8 Å². The molecule has 0 saturated carbocycles. The van der Waals surface area contributed by atoms with Crippen molar-refractivity contribution in [1.82, 2.24) is 5.43 Å². The molecule has 2 aromatic rings. The van der Waals surface area contributed by atoms with Crippen LogP contribution in [0.5, 0.6) is 0 Å². The molecule has 24 heavy (non-hydrogen) atoms. The van der Waals surface area contributed by atoms with Crippen LogP contribution in [0.1, 0.15) is 5.56 Å². The summed E-state index contributed by atoms with van der Waals surface area (Å²) in [5.41, 5.74) is 2.33. The number of hydrogen-bond acceptors (Lipinski definition) is 3. The Kier molecular flexibility index (Phi) is 6.14. The van der Waals surface area contributed by atoms with Crippen molar-refractivity contribution in [2.24, 2.45) is 5.10 Å². The van der Waals surface area contributed by atoms with E-state index in [4.69, 9.17) is 34.8 Å². The third-order valence-corrected chi connectivity index (χ3v) is 3.92. The minimum atomic E-state index is -1.05. The fourth-order valence-corrected chi connectivity index (χ4v) is 2.20. The predicted octanol–water partition coefficient (Wildman–Crippen LogP) is 3.87. The second-order valence-electron chi connectivity index (χ2n) is 4.43. The molecule has 0 aliphatic rings. The summed E-state index contributed by atoms with van der Waals surface area (Å²) in [5.74, 6) is -2.56. The molecule has 0 fully saturated rings. The number of benzene rings is 2. The number of nitrogens with zero attached hydrogens (tertiary/aromatic N) is 1. The van der Waals surface area contributed by atoms with E-state index < -0.39 is 17.6 Å². The zero-order chi connectivity index (χ0) is 17.7. The van der Waals surface area contributed by atoms with Gasteiger partial charge in [0.2, 0.25) is 0 Å². The number of halogens is 4. The molecule has 2 aromatic carbocycles. The van der Waals surface area contributed by atoms with E-state index in [0.29, 0.717) is 0 Å². The van der Waals surface area contributed by atoms with Gasteiger partial charge in [-0.25, -0.2) is 9.82 Å². The fourth-order valence-electron chi connectivity index (χ4n) is 1.61. The lowest BCUT2D eigenvalue weighted by molar-refractivity contribution is -0.136. The van der Waals surface area contributed by atoms with Gasteiger partial charge in [0.05, 0.1) is 21.3 Å². The van der Waals surface area contributed by atoms with Crippen molar-refractivity contribution in [3.63, 3.8) is 0 Å². The molecule has 2 N–H and O–H groups in total. The maximum Gasteiger partial charge on any atom is 0.329 e. The van der Waals surface area contributed by atoms with E-state index in [1.165, 1.54) is 30.3 Å². The normalized spacial score (nSPS) is 10.7. The van der Waals surface area contributed by atoms with Crippen LogP contribution in [0, 0.1) is 5.82 Å². The number of amides is 2. The van der Waals surface area contributed by atoms with Crippen LogP contribution in [0.4, 0.5) is 10.1 Å². The van der Waals surface area contributed by atoms with Gasteiger partial charge < -0.3 is 5.32 Å². The average molecular weight is 389 g/mol. The van der Waals surface area contributed by atoms with Crippen molar-refractivity contribution >= 4 is 58.5 Å². The summed E-state index contributed by atoms with van der Waals surface area (Å²) in [6.45, 7) is 0. The SMILES string of the molecule is O=C(N/N=C\c1ccccc1F)C(=O)Nc1cc(Cl)c(Cl)c(Cl)c1. The molecule has 0 aliphatic heterocycles. The van der Waals surface area contributed by atoms with Gasteiger partial charge in [0.15, 0.2) is 0 Å². The molecule has 0 bridgehead atoms. The van der Waals surface area contributed by atoms with E-state index in [1.54, 1.807) is 6.07 Å². The molecule has 0 heterocycles. The van der Waals surface area contributed by atoms with Crippen LogP contribution in [0.15, 0.2) is 41.5 Å². The predicted molar refractivity (Wildman–Crippen MR) is 92.2 cm³/mol. The zero-order valence-corrected chi connectivity index (χ0v) is 14.1. The van der Waals surface area contributed by atoms with Crippen LogP contribution in [0.2, 0.25) is 15.1 Å². The van der Waals surface area contributed by atoms with Crippen LogP contribution in [0.3, 0.4) is 0 Å². The number of nitrogens with one attached hydrogen (secondary N) is 2. The average Bonchev–Trinajstić information content (AvgIpc) is 2.54. The highest BCUT2D eigenvalue weighted by atomic mass is 35.5. The molecule has 0 aromatic heterocycles. The van der Waals surface area contributed by atoms with Gasteiger partial charge >= 0.3 is 11.8 Å². The number of hydrazone groups is 1. The lowest BCUT2D eigenvalue weighted by atomic mass is 10.2. The maximum absolute atomic E-state index is 13.3. The Morgan fingerprint density at radius 2 is 1.67 bits per heavy atom. The van der Waals surface area contributed by atoms with Gasteiger partial charge in [0.1, 0.15) is 5.82 Å². The van der Waals surface area contributed by atoms with Crippen molar-refractivity contribution in [2.75, 3.05) is 5.32 Å². The van der Waals surface area contributed by atoms with Gasteiger partial charge in [-0.3, -0.25) is 9.59 Å². The minimum absolute atomic E-state index is 0.123. The lowest BCUT2D eigenvalue weighted by Crippen LogP contribution is -2.32. The van der Waals surface area contributed by atoms with E-state index in [1.807, 2.05) is 5.43 Å². The molecule has 0 atom stereocenters. The highest BCUT2D eigenvalue weighted by Crippen LogP contribution is 2.33. The van der Waals surface area contributed by atoms with E-state index in [2.05, 4.69) is 10.4 Å². The second kappa shape index (κ2) is 8.10. The molecule has 0 spiro atoms. The minimum Gasteiger partial charge on any atom is -0.318 e. The number of anilines is 1. The van der Waals surface area contributed by atoms with Crippen molar-refractivity contribution in [1.29, 1.82) is 0 Å². The first-order valence-electron chi connectivity index (χ1n) is 6.42. The largest absolute Gasteiger partial charge is 0.329 e. The number of rotatable bonds is 3. The van der Waals surface area contributed by atoms with Gasteiger partial charge in [-0.05, 0) is 18.2 Å². The Balaban J connectivity index is 1.98. The fraction of sp³-hybridized carbons (Fsp3) is 0. The second-order valence-corrected chi connectivity index (χ2v) is 5.62. The standard InChI is InChI=1S/C15H9Cl3FN3O2/c16-10-5-9(6-11(17)13(10)18)21-14(23)15(24)22-20-7-8-3-1-2-4-12(8)19/h1-7H,(H,21,23)(H,22,24)/b20-7-. The Hall–Kier alpha value is -2.15. The molecule has 9 heteroatoms. The molecule has 124 valence electrons. The summed E-state index contributed by atoms with van der Waals surface area (Å²) in [4.78, 5) is 23.4. The molecule has 5 nitrogen and oxygen atoms in total. The number of carbonyl (C=O) groups excluding carboxylic acids is 2. The Morgan fingerprint density at radius 1 is 1.04 bits per heavy atom. The third-order valence-electron chi connectivity index (χ3n) is 2.72. The first-order valence-corrected chi connectivity index (χ1v) is 7.55. The van der Waals surface area contributed by atoms with Crippen LogP contribution < -0.4 is 10.7 Å². The van der Waals surface area contributed by atoms with Gasteiger partial charge in [-0.1, -0.05) is 53.0 Å². The van der Waals surface area contributed by atoms with E-state index in [-0.39, 0.29) is 26.3 Å². The van der Waals surface area contributed by atoms with Gasteiger partial charge in [-0.15, -0.1) is 0 Å². The summed E-state index contributed by atoms with van der Waals surface area (Å²) in [7, 11) is 0. The summed E-state index contributed by atoms with van der Waals surface area (Å²) in [6, 6.07) is 8.49. The molecule has 0 aliphatic carbocycles. The van der Waals surface area contributed by atoms with Crippen LogP contribution >= 0.6 is 34.8 Å². The summed E-state index contributed by atoms with van der Waals surface area (Å²) >= 11 is 17.4. The van der Waals surface area contributed by atoms with Crippen LogP contribution in [-0.4, -0.2) is 18.0 Å². The topological polar surface area (TPSA) is 70.6 Å². The maximum atomic E-state index is 13.3. The van der Waals surface area contributed by atoms with Crippen LogP contribution in [-0.2, 0) is 9.59 Å². The Bertz CT molecular complexity index is 804. The van der Waals surface area contributed by atoms with E-state index in [0.717, 1.165) is 6.21 Å². The highest BCUT2D eigenvalue weighted by Gasteiger charge is 2.14. The Morgan fingerprint density at radius 3 is 2.29 bits per heavy atom. The Labute approximate surface area is 151 Å². The molecule has 2 rings (SSSR count). The lowest BCUT2D eigenvalue weighted by Gasteiger charge is -2.06. The van der Waals surface area contributed by atoms with E-state index >= 15 is 0 Å². The van der Waals surface area contributed by atoms with Crippen molar-refractivity contribution < 1.29 is 14.0 Å². The van der Waals surface area contributed by atoms with E-state index in [9.17, 15) is 14.0 Å². The van der Waals surface area contributed by atoms with Crippen molar-refractivity contribution in [2.45, 2.75) is 0 Å². The smallest absolute Gasteiger partial charge is 0.318 e. The van der Waals surface area contributed by atoms with Gasteiger partial charge in [-0.2, -0.15) is 5.10 Å². The van der Waals surface area contributed by atoms with Gasteiger partial charge in [0.25, 0.3) is 0 Å². The quantitative estimate of drug-likeness (QED) is 0.363. The number of carbonyl (C=O) groups is 2. The molecule has 0 saturated heterocycles. The first-order chi connectivity index (χ1) is 11.4. The van der Waals surface area contributed by atoms with Gasteiger partial charge in [0, 0.05) is 11.3 Å². The molecule has 0 radical (unpaired) electrons.